The van der Waals surface area contributed by atoms with Crippen molar-refractivity contribution in [1.82, 2.24) is 14.7 Å². The van der Waals surface area contributed by atoms with Crippen LogP contribution < -0.4 is 4.90 Å². The van der Waals surface area contributed by atoms with Gasteiger partial charge in [-0.05, 0) is 36.2 Å². The predicted octanol–water partition coefficient (Wildman–Crippen LogP) is 2.66. The first-order valence-corrected chi connectivity index (χ1v) is 10.4. The maximum absolute atomic E-state index is 13.3. The molecule has 2 saturated heterocycles. The van der Waals surface area contributed by atoms with E-state index < -0.39 is 12.2 Å². The van der Waals surface area contributed by atoms with Crippen LogP contribution in [-0.4, -0.2) is 71.5 Å². The zero-order valence-corrected chi connectivity index (χ0v) is 17.4. The highest BCUT2D eigenvalue weighted by Gasteiger charge is 2.54. The number of amides is 3. The minimum atomic E-state index is -0.497. The van der Waals surface area contributed by atoms with E-state index in [0.717, 1.165) is 23.8 Å². The number of halogens is 1. The van der Waals surface area contributed by atoms with Crippen LogP contribution in [0.25, 0.3) is 0 Å². The summed E-state index contributed by atoms with van der Waals surface area (Å²) in [6, 6.07) is 16.7. The van der Waals surface area contributed by atoms with E-state index in [1.165, 1.54) is 4.90 Å². The quantitative estimate of drug-likeness (QED) is 0.758. The fourth-order valence-corrected chi connectivity index (χ4v) is 4.52. The number of carbonyl (C=O) groups is 2. The third-order valence-corrected chi connectivity index (χ3v) is 6.23. The average molecular weight is 424 g/mol. The van der Waals surface area contributed by atoms with Crippen molar-refractivity contribution in [3.05, 3.63) is 65.2 Å². The highest BCUT2D eigenvalue weighted by molar-refractivity contribution is 6.30. The number of rotatable bonds is 4. The van der Waals surface area contributed by atoms with Gasteiger partial charge in [0.2, 0.25) is 5.96 Å². The summed E-state index contributed by atoms with van der Waals surface area (Å²) in [5.74, 6) is 0.570. The van der Waals surface area contributed by atoms with Crippen molar-refractivity contribution in [2.75, 3.05) is 31.6 Å². The van der Waals surface area contributed by atoms with Crippen LogP contribution in [0.3, 0.4) is 0 Å². The van der Waals surface area contributed by atoms with Crippen molar-refractivity contribution in [3.8, 4) is 0 Å². The fraction of sp³-hybridized carbons (Fsp3) is 0.318. The van der Waals surface area contributed by atoms with Gasteiger partial charge in [0.25, 0.3) is 5.91 Å². The maximum atomic E-state index is 13.3. The number of aliphatic imine (C=N–C) groups is 1. The molecule has 154 valence electrons. The molecular formula is C22H22ClN5O2. The van der Waals surface area contributed by atoms with Crippen molar-refractivity contribution in [3.63, 3.8) is 0 Å². The number of anilines is 1. The van der Waals surface area contributed by atoms with Gasteiger partial charge in [-0.3, -0.25) is 9.69 Å². The molecule has 0 aliphatic carbocycles. The molecule has 0 saturated carbocycles. The van der Waals surface area contributed by atoms with Crippen molar-refractivity contribution in [1.29, 1.82) is 0 Å². The van der Waals surface area contributed by atoms with Gasteiger partial charge in [0, 0.05) is 37.4 Å². The van der Waals surface area contributed by atoms with E-state index in [-0.39, 0.29) is 11.9 Å². The number of fused-ring (bicyclic) bond motifs is 3. The molecule has 2 aromatic carbocycles. The summed E-state index contributed by atoms with van der Waals surface area (Å²) in [5.41, 5.74) is 2.07. The summed E-state index contributed by atoms with van der Waals surface area (Å²) in [6.07, 6.45) is 0.136. The number of urea groups is 1. The van der Waals surface area contributed by atoms with Crippen molar-refractivity contribution in [2.45, 2.75) is 18.6 Å². The number of carbonyl (C=O) groups excluding carboxylic acids is 2. The molecule has 3 amide bonds. The number of imide groups is 1. The van der Waals surface area contributed by atoms with Crippen molar-refractivity contribution in [2.24, 2.45) is 4.99 Å². The molecule has 30 heavy (non-hydrogen) atoms. The molecule has 8 heteroatoms. The topological polar surface area (TPSA) is 59.5 Å². The maximum Gasteiger partial charge on any atom is 0.328 e. The van der Waals surface area contributed by atoms with Gasteiger partial charge in [0.15, 0.2) is 12.2 Å². The Kier molecular flexibility index (Phi) is 4.62. The predicted molar refractivity (Wildman–Crippen MR) is 116 cm³/mol. The van der Waals surface area contributed by atoms with Crippen molar-refractivity contribution < 1.29 is 9.59 Å². The Hall–Kier alpha value is -3.06. The van der Waals surface area contributed by atoms with Gasteiger partial charge in [0.1, 0.15) is 0 Å². The molecule has 7 nitrogen and oxygen atoms in total. The van der Waals surface area contributed by atoms with Crippen molar-refractivity contribution >= 4 is 35.2 Å². The lowest BCUT2D eigenvalue weighted by Crippen LogP contribution is -2.65. The number of benzene rings is 2. The van der Waals surface area contributed by atoms with Gasteiger partial charge >= 0.3 is 6.03 Å². The molecule has 3 aliphatic heterocycles. The van der Waals surface area contributed by atoms with Crippen LogP contribution in [-0.2, 0) is 11.2 Å². The second kappa shape index (κ2) is 7.32. The Morgan fingerprint density at radius 1 is 1.03 bits per heavy atom. The number of guanidine groups is 1. The number of hydrogen-bond acceptors (Lipinski definition) is 5. The zero-order chi connectivity index (χ0) is 20.8. The standard InChI is InChI=1S/C22H22ClN5O2/c1-25-19-18(20(29)28(22(25)30)12-11-15-5-3-2-4-6-15)27-14-13-26(21(27)24-19)17-9-7-16(23)8-10-17/h2-10,18-19H,11-14H2,1H3. The van der Waals surface area contributed by atoms with Crippen LogP contribution >= 0.6 is 11.6 Å². The number of hydrogen-bond donors (Lipinski definition) is 0. The molecule has 0 N–H and O–H groups in total. The first-order valence-electron chi connectivity index (χ1n) is 10.0. The summed E-state index contributed by atoms with van der Waals surface area (Å²) >= 11 is 6.02. The molecule has 5 rings (SSSR count). The summed E-state index contributed by atoms with van der Waals surface area (Å²) in [5, 5.41) is 0.673. The van der Waals surface area contributed by atoms with Gasteiger partial charge in [-0.15, -0.1) is 0 Å². The van der Waals surface area contributed by atoms with E-state index >= 15 is 0 Å². The summed E-state index contributed by atoms with van der Waals surface area (Å²) in [4.78, 5) is 38.1. The SMILES string of the molecule is CN1C(=O)N(CCc2ccccc2)C(=O)C2C1N=C1N(c3ccc(Cl)cc3)CCN12. The van der Waals surface area contributed by atoms with Gasteiger partial charge in [-0.1, -0.05) is 41.9 Å². The van der Waals surface area contributed by atoms with E-state index in [1.54, 1.807) is 11.9 Å². The van der Waals surface area contributed by atoms with E-state index in [4.69, 9.17) is 16.6 Å². The molecule has 2 fully saturated rings. The van der Waals surface area contributed by atoms with E-state index in [0.29, 0.717) is 24.5 Å². The molecule has 0 bridgehead atoms. The average Bonchev–Trinajstić information content (AvgIpc) is 3.33. The monoisotopic (exact) mass is 423 g/mol. The Balaban J connectivity index is 1.38. The molecule has 0 aromatic heterocycles. The minimum Gasteiger partial charge on any atom is -0.325 e. The van der Waals surface area contributed by atoms with Crippen LogP contribution in [0.1, 0.15) is 5.56 Å². The van der Waals surface area contributed by atoms with E-state index in [1.807, 2.05) is 59.5 Å². The van der Waals surface area contributed by atoms with Gasteiger partial charge in [-0.25, -0.2) is 9.79 Å². The first-order chi connectivity index (χ1) is 14.5. The summed E-state index contributed by atoms with van der Waals surface area (Å²) in [6.45, 7) is 1.78. The highest BCUT2D eigenvalue weighted by Crippen LogP contribution is 2.33. The van der Waals surface area contributed by atoms with Crippen LogP contribution in [0.5, 0.6) is 0 Å². The zero-order valence-electron chi connectivity index (χ0n) is 16.6. The largest absolute Gasteiger partial charge is 0.328 e. The van der Waals surface area contributed by atoms with Crippen LogP contribution in [0.4, 0.5) is 10.5 Å². The third-order valence-electron chi connectivity index (χ3n) is 5.98. The molecular weight excluding hydrogens is 402 g/mol. The molecule has 3 aliphatic rings. The smallest absolute Gasteiger partial charge is 0.325 e. The van der Waals surface area contributed by atoms with Gasteiger partial charge in [-0.2, -0.15) is 0 Å². The molecule has 2 aromatic rings. The lowest BCUT2D eigenvalue weighted by Gasteiger charge is -2.40. The Labute approximate surface area is 180 Å². The highest BCUT2D eigenvalue weighted by atomic mass is 35.5. The summed E-state index contributed by atoms with van der Waals surface area (Å²) < 4.78 is 0. The third kappa shape index (κ3) is 3.01. The molecule has 2 atom stereocenters. The Morgan fingerprint density at radius 3 is 2.50 bits per heavy atom. The Bertz CT molecular complexity index is 1010. The number of likely N-dealkylation sites (N-methyl/N-ethyl adjacent to an activating group) is 1. The minimum absolute atomic E-state index is 0.171. The van der Waals surface area contributed by atoms with Crippen LogP contribution in [0.2, 0.25) is 5.02 Å². The lowest BCUT2D eigenvalue weighted by molar-refractivity contribution is -0.137. The molecule has 0 radical (unpaired) electrons. The van der Waals surface area contributed by atoms with Gasteiger partial charge in [0.05, 0.1) is 0 Å². The van der Waals surface area contributed by atoms with Crippen LogP contribution in [0, 0.1) is 0 Å². The van der Waals surface area contributed by atoms with E-state index in [2.05, 4.69) is 4.90 Å². The Morgan fingerprint density at radius 2 is 1.77 bits per heavy atom. The van der Waals surface area contributed by atoms with Gasteiger partial charge < -0.3 is 14.7 Å². The first kappa shape index (κ1) is 18.9. The lowest BCUT2D eigenvalue weighted by atomic mass is 10.1. The molecule has 3 heterocycles. The second-order valence-electron chi connectivity index (χ2n) is 7.73. The van der Waals surface area contributed by atoms with E-state index in [9.17, 15) is 9.59 Å². The summed E-state index contributed by atoms with van der Waals surface area (Å²) in [7, 11) is 1.72. The molecule has 2 unspecified atom stereocenters. The van der Waals surface area contributed by atoms with Crippen LogP contribution in [0.15, 0.2) is 59.6 Å². The normalized spacial score (nSPS) is 23.1. The molecule has 0 spiro atoms. The number of nitrogens with zero attached hydrogens (tertiary/aromatic N) is 5. The fourth-order valence-electron chi connectivity index (χ4n) is 4.39. The second-order valence-corrected chi connectivity index (χ2v) is 8.16.